The molecule has 1 N–H and O–H groups in total. The average Bonchev–Trinajstić information content (AvgIpc) is 2.94. The number of piperidine rings is 1. The van der Waals surface area contributed by atoms with E-state index in [9.17, 15) is 4.79 Å². The van der Waals surface area contributed by atoms with Crippen molar-refractivity contribution < 1.29 is 4.79 Å². The van der Waals surface area contributed by atoms with Crippen LogP contribution in [0.4, 0.5) is 0 Å². The number of amides is 1. The number of hydrogen-bond donors (Lipinski definition) is 1. The highest BCUT2D eigenvalue weighted by molar-refractivity contribution is 5.96. The lowest BCUT2D eigenvalue weighted by Gasteiger charge is -2.35. The molecule has 104 valence electrons. The van der Waals surface area contributed by atoms with Crippen LogP contribution in [0.25, 0.3) is 0 Å². The molecule has 3 heterocycles. The molecule has 2 fully saturated rings. The lowest BCUT2D eigenvalue weighted by molar-refractivity contribution is 0.0660. The Balaban J connectivity index is 1.80. The van der Waals surface area contributed by atoms with E-state index in [4.69, 9.17) is 0 Å². The van der Waals surface area contributed by atoms with E-state index in [1.54, 1.807) is 4.68 Å². The number of aryl methyl sites for hydroxylation is 2. The molecule has 0 spiro atoms. The van der Waals surface area contributed by atoms with Crippen molar-refractivity contribution in [2.45, 2.75) is 32.7 Å². The molecule has 2 aliphatic heterocycles. The van der Waals surface area contributed by atoms with Gasteiger partial charge in [-0.15, -0.1) is 0 Å². The molecule has 2 aliphatic rings. The summed E-state index contributed by atoms with van der Waals surface area (Å²) < 4.78 is 1.80. The summed E-state index contributed by atoms with van der Waals surface area (Å²) in [5.74, 6) is 0.795. The van der Waals surface area contributed by atoms with Crippen LogP contribution in [0.3, 0.4) is 0 Å². The van der Waals surface area contributed by atoms with E-state index < -0.39 is 0 Å². The molecule has 5 heteroatoms. The summed E-state index contributed by atoms with van der Waals surface area (Å²) in [4.78, 5) is 14.7. The van der Waals surface area contributed by atoms with E-state index in [1.165, 1.54) is 6.42 Å². The minimum Gasteiger partial charge on any atom is -0.338 e. The molecule has 19 heavy (non-hydrogen) atoms. The molecule has 1 aromatic heterocycles. The summed E-state index contributed by atoms with van der Waals surface area (Å²) in [5, 5.41) is 7.88. The Kier molecular flexibility index (Phi) is 3.09. The zero-order valence-electron chi connectivity index (χ0n) is 11.9. The average molecular weight is 262 g/mol. The Bertz CT molecular complexity index is 508. The minimum absolute atomic E-state index is 0.161. The number of nitrogens with zero attached hydrogens (tertiary/aromatic N) is 3. The summed E-state index contributed by atoms with van der Waals surface area (Å²) in [5.41, 5.74) is 2.61. The molecule has 2 atom stereocenters. The number of aromatic nitrogens is 2. The zero-order valence-corrected chi connectivity index (χ0v) is 11.9. The van der Waals surface area contributed by atoms with Crippen molar-refractivity contribution in [1.82, 2.24) is 20.0 Å². The molecule has 0 aromatic carbocycles. The zero-order chi connectivity index (χ0) is 13.6. The van der Waals surface area contributed by atoms with Crippen LogP contribution in [0.15, 0.2) is 0 Å². The van der Waals surface area contributed by atoms with Crippen LogP contribution in [0.5, 0.6) is 0 Å². The molecule has 0 radical (unpaired) electrons. The molecule has 0 aliphatic carbocycles. The van der Waals surface area contributed by atoms with Crippen molar-refractivity contribution in [3.63, 3.8) is 0 Å². The van der Waals surface area contributed by atoms with Gasteiger partial charge in [0.25, 0.3) is 5.91 Å². The van der Waals surface area contributed by atoms with E-state index in [0.717, 1.165) is 43.0 Å². The second-order valence-electron chi connectivity index (χ2n) is 5.82. The SMILES string of the molecule is Cc1nn(C)c(C)c1C(=O)N1CCC2NCCC2C1. The fourth-order valence-electron chi connectivity index (χ4n) is 3.47. The molecule has 1 aromatic rings. The van der Waals surface area contributed by atoms with Crippen LogP contribution in [0.1, 0.15) is 34.6 Å². The Hall–Kier alpha value is -1.36. The van der Waals surface area contributed by atoms with Crippen molar-refractivity contribution in [1.29, 1.82) is 0 Å². The maximum atomic E-state index is 12.7. The molecule has 1 amide bonds. The topological polar surface area (TPSA) is 50.2 Å². The second kappa shape index (κ2) is 4.63. The summed E-state index contributed by atoms with van der Waals surface area (Å²) in [6.07, 6.45) is 2.27. The molecule has 0 saturated carbocycles. The maximum absolute atomic E-state index is 12.7. The van der Waals surface area contributed by atoms with Gasteiger partial charge >= 0.3 is 0 Å². The fourth-order valence-corrected chi connectivity index (χ4v) is 3.47. The van der Waals surface area contributed by atoms with Crippen LogP contribution in [0, 0.1) is 19.8 Å². The van der Waals surface area contributed by atoms with Crippen LogP contribution in [-0.4, -0.2) is 46.3 Å². The summed E-state index contributed by atoms with van der Waals surface area (Å²) >= 11 is 0. The lowest BCUT2D eigenvalue weighted by Crippen LogP contribution is -2.47. The van der Waals surface area contributed by atoms with Gasteiger partial charge in [0.15, 0.2) is 0 Å². The molecule has 3 rings (SSSR count). The predicted molar refractivity (Wildman–Crippen MR) is 73.1 cm³/mol. The normalized spacial score (nSPS) is 26.6. The third kappa shape index (κ3) is 2.06. The highest BCUT2D eigenvalue weighted by Gasteiger charge is 2.35. The van der Waals surface area contributed by atoms with Gasteiger partial charge in [-0.3, -0.25) is 9.48 Å². The molecule has 0 bridgehead atoms. The van der Waals surface area contributed by atoms with Crippen molar-refractivity contribution in [3.05, 3.63) is 17.0 Å². The number of fused-ring (bicyclic) bond motifs is 1. The van der Waals surface area contributed by atoms with Crippen molar-refractivity contribution in [2.75, 3.05) is 19.6 Å². The van der Waals surface area contributed by atoms with Gasteiger partial charge in [-0.25, -0.2) is 0 Å². The summed E-state index contributed by atoms with van der Waals surface area (Å²) in [7, 11) is 1.90. The van der Waals surface area contributed by atoms with E-state index in [1.807, 2.05) is 25.8 Å². The van der Waals surface area contributed by atoms with Gasteiger partial charge in [0.05, 0.1) is 11.3 Å². The van der Waals surface area contributed by atoms with Crippen molar-refractivity contribution in [3.8, 4) is 0 Å². The van der Waals surface area contributed by atoms with E-state index in [0.29, 0.717) is 12.0 Å². The van der Waals surface area contributed by atoms with Crippen LogP contribution < -0.4 is 5.32 Å². The number of rotatable bonds is 1. The minimum atomic E-state index is 0.161. The number of likely N-dealkylation sites (tertiary alicyclic amines) is 1. The van der Waals surface area contributed by atoms with Gasteiger partial charge in [0.2, 0.25) is 0 Å². The largest absolute Gasteiger partial charge is 0.338 e. The van der Waals surface area contributed by atoms with Crippen LogP contribution in [-0.2, 0) is 7.05 Å². The first kappa shape index (κ1) is 12.7. The third-order valence-electron chi connectivity index (χ3n) is 4.67. The molecular formula is C14H22N4O. The summed E-state index contributed by atoms with van der Waals surface area (Å²) in [6, 6.07) is 0.625. The first-order chi connectivity index (χ1) is 9.08. The molecule has 2 saturated heterocycles. The summed E-state index contributed by atoms with van der Waals surface area (Å²) in [6.45, 7) is 6.74. The number of hydrogen-bond acceptors (Lipinski definition) is 3. The number of nitrogens with one attached hydrogen (secondary N) is 1. The smallest absolute Gasteiger partial charge is 0.257 e. The van der Waals surface area contributed by atoms with E-state index in [-0.39, 0.29) is 5.91 Å². The van der Waals surface area contributed by atoms with Gasteiger partial charge in [0, 0.05) is 31.9 Å². The molecule has 2 unspecified atom stereocenters. The Morgan fingerprint density at radius 3 is 2.84 bits per heavy atom. The first-order valence-corrected chi connectivity index (χ1v) is 7.10. The molecule has 5 nitrogen and oxygen atoms in total. The quantitative estimate of drug-likeness (QED) is 0.816. The van der Waals surface area contributed by atoms with Gasteiger partial charge in [-0.1, -0.05) is 0 Å². The van der Waals surface area contributed by atoms with E-state index >= 15 is 0 Å². The van der Waals surface area contributed by atoms with Gasteiger partial charge < -0.3 is 10.2 Å². The van der Waals surface area contributed by atoms with Crippen LogP contribution in [0.2, 0.25) is 0 Å². The van der Waals surface area contributed by atoms with Crippen LogP contribution >= 0.6 is 0 Å². The molecular weight excluding hydrogens is 240 g/mol. The Labute approximate surface area is 114 Å². The standard InChI is InChI=1S/C14H22N4O/c1-9-13(10(2)17(3)16-9)14(19)18-7-5-12-11(8-18)4-6-15-12/h11-12,15H,4-8H2,1-3H3. The number of carbonyl (C=O) groups is 1. The second-order valence-corrected chi connectivity index (χ2v) is 5.82. The first-order valence-electron chi connectivity index (χ1n) is 7.10. The predicted octanol–water partition coefficient (Wildman–Crippen LogP) is 0.861. The highest BCUT2D eigenvalue weighted by Crippen LogP contribution is 2.26. The Morgan fingerprint density at radius 2 is 2.16 bits per heavy atom. The monoisotopic (exact) mass is 262 g/mol. The van der Waals surface area contributed by atoms with E-state index in [2.05, 4.69) is 10.4 Å². The fraction of sp³-hybridized carbons (Fsp3) is 0.714. The maximum Gasteiger partial charge on any atom is 0.257 e. The van der Waals surface area contributed by atoms with Gasteiger partial charge in [-0.05, 0) is 39.2 Å². The highest BCUT2D eigenvalue weighted by atomic mass is 16.2. The third-order valence-corrected chi connectivity index (χ3v) is 4.67. The van der Waals surface area contributed by atoms with Crippen molar-refractivity contribution >= 4 is 5.91 Å². The lowest BCUT2D eigenvalue weighted by atomic mass is 9.93. The Morgan fingerprint density at radius 1 is 1.37 bits per heavy atom. The van der Waals surface area contributed by atoms with Gasteiger partial charge in [0.1, 0.15) is 0 Å². The van der Waals surface area contributed by atoms with Gasteiger partial charge in [-0.2, -0.15) is 5.10 Å². The van der Waals surface area contributed by atoms with Crippen molar-refractivity contribution in [2.24, 2.45) is 13.0 Å². The number of carbonyl (C=O) groups excluding carboxylic acids is 1.